The summed E-state index contributed by atoms with van der Waals surface area (Å²) in [4.78, 5) is 13.2. The Bertz CT molecular complexity index is 735. The van der Waals surface area contributed by atoms with Gasteiger partial charge in [-0.15, -0.1) is 11.8 Å². The molecule has 0 radical (unpaired) electrons. The van der Waals surface area contributed by atoms with Crippen molar-refractivity contribution in [3.05, 3.63) is 47.4 Å². The van der Waals surface area contributed by atoms with Crippen molar-refractivity contribution < 1.29 is 4.74 Å². The quantitative estimate of drug-likeness (QED) is 0.801. The maximum Gasteiger partial charge on any atom is 0.132 e. The SMILES string of the molecule is Cc1ccc(SC2CCN(c3cc([C@H]4CCOC4)nc(C)n3)CC2)cc1. The van der Waals surface area contributed by atoms with Crippen LogP contribution >= 0.6 is 11.8 Å². The zero-order valence-electron chi connectivity index (χ0n) is 15.6. The maximum absolute atomic E-state index is 5.54. The van der Waals surface area contributed by atoms with Crippen molar-refractivity contribution in [2.45, 2.75) is 49.2 Å². The Balaban J connectivity index is 1.39. The minimum atomic E-state index is 0.435. The first-order valence-corrected chi connectivity index (χ1v) is 10.5. The molecule has 2 aliphatic heterocycles. The Labute approximate surface area is 160 Å². The first kappa shape index (κ1) is 17.8. The zero-order valence-corrected chi connectivity index (χ0v) is 16.5. The molecule has 2 aliphatic rings. The number of nitrogens with zero attached hydrogens (tertiary/aromatic N) is 3. The Morgan fingerprint density at radius 1 is 1.04 bits per heavy atom. The molecule has 0 unspecified atom stereocenters. The van der Waals surface area contributed by atoms with E-state index in [1.165, 1.54) is 23.3 Å². The topological polar surface area (TPSA) is 38.2 Å². The molecule has 3 heterocycles. The Morgan fingerprint density at radius 2 is 1.81 bits per heavy atom. The van der Waals surface area contributed by atoms with Gasteiger partial charge in [0.25, 0.3) is 0 Å². The molecular formula is C21H27N3OS. The first-order chi connectivity index (χ1) is 12.7. The summed E-state index contributed by atoms with van der Waals surface area (Å²) in [6.07, 6.45) is 3.47. The van der Waals surface area contributed by atoms with Crippen molar-refractivity contribution in [1.29, 1.82) is 0 Å². The first-order valence-electron chi connectivity index (χ1n) is 9.59. The second kappa shape index (κ2) is 7.97. The van der Waals surface area contributed by atoms with Gasteiger partial charge in [-0.25, -0.2) is 9.97 Å². The van der Waals surface area contributed by atoms with Gasteiger partial charge in [-0.1, -0.05) is 17.7 Å². The van der Waals surface area contributed by atoms with Gasteiger partial charge >= 0.3 is 0 Å². The third-order valence-corrected chi connectivity index (χ3v) is 6.63. The van der Waals surface area contributed by atoms with Gasteiger partial charge in [-0.05, 0) is 45.2 Å². The van der Waals surface area contributed by atoms with Crippen LogP contribution in [0.4, 0.5) is 5.82 Å². The van der Waals surface area contributed by atoms with Gasteiger partial charge in [-0.3, -0.25) is 0 Å². The van der Waals surface area contributed by atoms with Crippen LogP contribution in [-0.4, -0.2) is 41.5 Å². The van der Waals surface area contributed by atoms with Crippen molar-refractivity contribution in [3.63, 3.8) is 0 Å². The summed E-state index contributed by atoms with van der Waals surface area (Å²) in [5.41, 5.74) is 2.48. The number of ether oxygens (including phenoxy) is 1. The Kier molecular flexibility index (Phi) is 5.46. The number of hydrogen-bond acceptors (Lipinski definition) is 5. The highest BCUT2D eigenvalue weighted by atomic mass is 32.2. The summed E-state index contributed by atoms with van der Waals surface area (Å²) < 4.78 is 5.54. The predicted octanol–water partition coefficient (Wildman–Crippen LogP) is 4.36. The molecule has 0 bridgehead atoms. The second-order valence-electron chi connectivity index (χ2n) is 7.38. The molecule has 0 N–H and O–H groups in total. The number of aryl methyl sites for hydroxylation is 2. The summed E-state index contributed by atoms with van der Waals surface area (Å²) in [5, 5.41) is 0.694. The van der Waals surface area contributed by atoms with E-state index in [-0.39, 0.29) is 0 Å². The number of anilines is 1. The molecule has 26 heavy (non-hydrogen) atoms. The average molecular weight is 370 g/mol. The summed E-state index contributed by atoms with van der Waals surface area (Å²) in [5.74, 6) is 2.41. The van der Waals surface area contributed by atoms with E-state index in [1.807, 2.05) is 18.7 Å². The molecule has 0 aliphatic carbocycles. The summed E-state index contributed by atoms with van der Waals surface area (Å²) in [7, 11) is 0. The van der Waals surface area contributed by atoms with Gasteiger partial charge in [0.1, 0.15) is 11.6 Å². The molecule has 5 heteroatoms. The lowest BCUT2D eigenvalue weighted by Crippen LogP contribution is -2.35. The van der Waals surface area contributed by atoms with Gasteiger partial charge in [0.2, 0.25) is 0 Å². The van der Waals surface area contributed by atoms with E-state index < -0.39 is 0 Å². The van der Waals surface area contributed by atoms with Crippen molar-refractivity contribution in [1.82, 2.24) is 9.97 Å². The summed E-state index contributed by atoms with van der Waals surface area (Å²) in [6.45, 7) is 7.93. The highest BCUT2D eigenvalue weighted by molar-refractivity contribution is 8.00. The van der Waals surface area contributed by atoms with Crippen LogP contribution in [0.5, 0.6) is 0 Å². The highest BCUT2D eigenvalue weighted by Gasteiger charge is 2.24. The van der Waals surface area contributed by atoms with E-state index in [2.05, 4.69) is 47.1 Å². The number of thioether (sulfide) groups is 1. The summed E-state index contributed by atoms with van der Waals surface area (Å²) >= 11 is 2.02. The monoisotopic (exact) mass is 369 g/mol. The normalized spacial score (nSPS) is 21.3. The number of benzene rings is 1. The molecule has 138 valence electrons. The largest absolute Gasteiger partial charge is 0.381 e. The zero-order chi connectivity index (χ0) is 17.9. The lowest BCUT2D eigenvalue weighted by molar-refractivity contribution is 0.193. The van der Waals surface area contributed by atoms with Crippen LogP contribution in [0.2, 0.25) is 0 Å². The van der Waals surface area contributed by atoms with Crippen LogP contribution in [0, 0.1) is 13.8 Å². The molecule has 0 saturated carbocycles. The third-order valence-electron chi connectivity index (χ3n) is 5.28. The van der Waals surface area contributed by atoms with E-state index in [1.54, 1.807) is 0 Å². The maximum atomic E-state index is 5.54. The van der Waals surface area contributed by atoms with Crippen molar-refractivity contribution in [2.75, 3.05) is 31.2 Å². The molecule has 2 aromatic rings. The standard InChI is InChI=1S/C21H27N3OS/c1-15-3-5-18(6-4-15)26-19-7-10-24(11-8-19)21-13-20(22-16(2)23-21)17-9-12-25-14-17/h3-6,13,17,19H,7-12,14H2,1-2H3/t17-/m0/s1. The fourth-order valence-corrected chi connectivity index (χ4v) is 4.85. The number of aromatic nitrogens is 2. The third kappa shape index (κ3) is 4.21. The fraction of sp³-hybridized carbons (Fsp3) is 0.524. The average Bonchev–Trinajstić information content (AvgIpc) is 3.19. The fourth-order valence-electron chi connectivity index (χ4n) is 3.73. The van der Waals surface area contributed by atoms with Crippen LogP contribution in [0.1, 0.15) is 42.3 Å². The molecule has 0 spiro atoms. The smallest absolute Gasteiger partial charge is 0.132 e. The van der Waals surface area contributed by atoms with E-state index in [0.717, 1.165) is 50.1 Å². The van der Waals surface area contributed by atoms with Crippen molar-refractivity contribution in [3.8, 4) is 0 Å². The number of piperidine rings is 1. The summed E-state index contributed by atoms with van der Waals surface area (Å²) in [6, 6.07) is 11.1. The minimum absolute atomic E-state index is 0.435. The van der Waals surface area contributed by atoms with E-state index in [9.17, 15) is 0 Å². The Hall–Kier alpha value is -1.59. The molecule has 4 rings (SSSR count). The van der Waals surface area contributed by atoms with Crippen LogP contribution in [0.25, 0.3) is 0 Å². The van der Waals surface area contributed by atoms with Crippen LogP contribution in [-0.2, 0) is 4.74 Å². The van der Waals surface area contributed by atoms with Crippen LogP contribution < -0.4 is 4.90 Å². The van der Waals surface area contributed by atoms with Gasteiger partial charge in [0.05, 0.1) is 12.3 Å². The highest BCUT2D eigenvalue weighted by Crippen LogP contribution is 2.32. The van der Waals surface area contributed by atoms with Crippen molar-refractivity contribution in [2.24, 2.45) is 0 Å². The Morgan fingerprint density at radius 3 is 2.50 bits per heavy atom. The minimum Gasteiger partial charge on any atom is -0.381 e. The molecule has 1 aromatic carbocycles. The van der Waals surface area contributed by atoms with E-state index >= 15 is 0 Å². The van der Waals surface area contributed by atoms with Crippen LogP contribution in [0.3, 0.4) is 0 Å². The van der Waals surface area contributed by atoms with Gasteiger partial charge < -0.3 is 9.64 Å². The number of rotatable bonds is 4. The van der Waals surface area contributed by atoms with Gasteiger partial charge in [0, 0.05) is 41.8 Å². The van der Waals surface area contributed by atoms with Gasteiger partial charge in [-0.2, -0.15) is 0 Å². The predicted molar refractivity (Wildman–Crippen MR) is 107 cm³/mol. The molecule has 0 amide bonds. The van der Waals surface area contributed by atoms with Gasteiger partial charge in [0.15, 0.2) is 0 Å². The molecule has 2 saturated heterocycles. The number of hydrogen-bond donors (Lipinski definition) is 0. The molecule has 4 nitrogen and oxygen atoms in total. The molecule has 2 fully saturated rings. The van der Waals surface area contributed by atoms with Crippen LogP contribution in [0.15, 0.2) is 35.2 Å². The molecule has 1 aromatic heterocycles. The second-order valence-corrected chi connectivity index (χ2v) is 8.75. The van der Waals surface area contributed by atoms with E-state index in [0.29, 0.717) is 11.2 Å². The van der Waals surface area contributed by atoms with E-state index in [4.69, 9.17) is 9.72 Å². The molecule has 1 atom stereocenters. The van der Waals surface area contributed by atoms with Crippen molar-refractivity contribution >= 4 is 17.6 Å². The molecular weight excluding hydrogens is 342 g/mol. The lowest BCUT2D eigenvalue weighted by atomic mass is 10.0. The lowest BCUT2D eigenvalue weighted by Gasteiger charge is -2.33.